The first-order valence-corrected chi connectivity index (χ1v) is 5.48. The first kappa shape index (κ1) is 19.5. The fraction of sp³-hybridized carbons (Fsp3) is 0.417. The molecule has 0 unspecified atom stereocenters. The predicted molar refractivity (Wildman–Crippen MR) is 63.4 cm³/mol. The second-order valence-electron chi connectivity index (χ2n) is 4.21. The van der Waals surface area contributed by atoms with E-state index in [9.17, 15) is 4.79 Å². The molecule has 0 radical (unpaired) electrons. The van der Waals surface area contributed by atoms with Crippen LogP contribution >= 0.6 is 0 Å². The van der Waals surface area contributed by atoms with Gasteiger partial charge in [-0.3, -0.25) is 4.79 Å². The minimum absolute atomic E-state index is 0. The molecule has 5 N–H and O–H groups in total. The molecular weight excluding hydrogens is 273 g/mol. The molecule has 1 aromatic carbocycles. The highest BCUT2D eigenvalue weighted by Crippen LogP contribution is 2.06. The molecule has 1 aromatic rings. The molecule has 1 atom stereocenters. The predicted octanol–water partition coefficient (Wildman–Crippen LogP) is -7.63. The van der Waals surface area contributed by atoms with Crippen LogP contribution in [0.25, 0.3) is 0 Å². The average molecular weight is 294 g/mol. The lowest BCUT2D eigenvalue weighted by molar-refractivity contribution is -0.786. The highest BCUT2D eigenvalue weighted by atomic mass is 35.5. The summed E-state index contributed by atoms with van der Waals surface area (Å²) in [7, 11) is 5.81. The lowest BCUT2D eigenvalue weighted by Crippen LogP contribution is -3.00. The summed E-state index contributed by atoms with van der Waals surface area (Å²) < 4.78 is 0. The Hall–Kier alpha value is -0.810. The SMILES string of the molecule is CNC(=O)[C@@H]([NH3+])Cc1ccc([NH+](C)C)cc1.[Cl-].[Cl-]. The van der Waals surface area contributed by atoms with Gasteiger partial charge in [-0.1, -0.05) is 12.1 Å². The molecule has 0 aliphatic carbocycles. The molecule has 0 fully saturated rings. The zero-order chi connectivity index (χ0) is 12.1. The summed E-state index contributed by atoms with van der Waals surface area (Å²) in [5.41, 5.74) is 6.23. The molecule has 6 heteroatoms. The Balaban J connectivity index is 0. The van der Waals surface area contributed by atoms with Crippen molar-refractivity contribution in [1.29, 1.82) is 0 Å². The lowest BCUT2D eigenvalue weighted by atomic mass is 10.1. The summed E-state index contributed by atoms with van der Waals surface area (Å²) in [4.78, 5) is 12.6. The molecule has 0 aliphatic heterocycles. The maximum absolute atomic E-state index is 11.3. The van der Waals surface area contributed by atoms with E-state index in [0.29, 0.717) is 6.42 Å². The van der Waals surface area contributed by atoms with Crippen molar-refractivity contribution in [1.82, 2.24) is 5.32 Å². The van der Waals surface area contributed by atoms with Crippen molar-refractivity contribution in [3.05, 3.63) is 29.8 Å². The summed E-state index contributed by atoms with van der Waals surface area (Å²) in [5.74, 6) is -0.0117. The zero-order valence-corrected chi connectivity index (χ0v) is 12.5. The standard InChI is InChI=1S/C12H19N3O.2ClH/c1-14-12(16)11(13)8-9-4-6-10(7-5-9)15(2)3;;/h4-7,11H,8,13H2,1-3H3,(H,14,16);2*1H/t11-;;/m0../s1. The molecule has 0 spiro atoms. The number of carbonyl (C=O) groups is 1. The van der Waals surface area contributed by atoms with Gasteiger partial charge in [-0.15, -0.1) is 0 Å². The van der Waals surface area contributed by atoms with E-state index in [1.165, 1.54) is 10.6 Å². The van der Waals surface area contributed by atoms with E-state index in [4.69, 9.17) is 0 Å². The smallest absolute Gasteiger partial charge is 0.278 e. The number of hydrogen-bond acceptors (Lipinski definition) is 1. The Labute approximate surface area is 121 Å². The number of hydrogen-bond donors (Lipinski definition) is 3. The number of quaternary nitrogens is 2. The quantitative estimate of drug-likeness (QED) is 0.508. The highest BCUT2D eigenvalue weighted by molar-refractivity contribution is 5.80. The lowest BCUT2D eigenvalue weighted by Gasteiger charge is -2.09. The van der Waals surface area contributed by atoms with Gasteiger partial charge in [0.15, 0.2) is 6.04 Å². The molecule has 0 bridgehead atoms. The van der Waals surface area contributed by atoms with Gasteiger partial charge in [-0.05, 0) is 17.7 Å². The normalized spacial score (nSPS) is 11.2. The van der Waals surface area contributed by atoms with Gasteiger partial charge >= 0.3 is 0 Å². The van der Waals surface area contributed by atoms with Gasteiger partial charge in [-0.25, -0.2) is 0 Å². The van der Waals surface area contributed by atoms with Gasteiger partial charge in [0.05, 0.1) is 14.1 Å². The van der Waals surface area contributed by atoms with Crippen LogP contribution in [0.4, 0.5) is 5.69 Å². The van der Waals surface area contributed by atoms with Crippen LogP contribution in [0.1, 0.15) is 5.56 Å². The fourth-order valence-corrected chi connectivity index (χ4v) is 1.56. The van der Waals surface area contributed by atoms with Crippen LogP contribution in [0.2, 0.25) is 0 Å². The number of rotatable bonds is 4. The van der Waals surface area contributed by atoms with Gasteiger partial charge < -0.3 is 40.8 Å². The summed E-state index contributed by atoms with van der Waals surface area (Å²) in [6.07, 6.45) is 0.683. The van der Waals surface area contributed by atoms with Crippen molar-refractivity contribution < 1.29 is 40.2 Å². The fourth-order valence-electron chi connectivity index (χ4n) is 1.56. The van der Waals surface area contributed by atoms with Gasteiger partial charge in [0.25, 0.3) is 5.91 Å². The molecule has 0 aliphatic rings. The molecule has 18 heavy (non-hydrogen) atoms. The van der Waals surface area contributed by atoms with E-state index in [0.717, 1.165) is 5.56 Å². The third kappa shape index (κ3) is 5.69. The monoisotopic (exact) mass is 293 g/mol. The second-order valence-corrected chi connectivity index (χ2v) is 4.21. The van der Waals surface area contributed by atoms with Gasteiger partial charge in [0.2, 0.25) is 0 Å². The molecule has 1 amide bonds. The van der Waals surface area contributed by atoms with Crippen LogP contribution in [-0.4, -0.2) is 33.1 Å². The molecule has 0 aromatic heterocycles. The van der Waals surface area contributed by atoms with Crippen molar-refractivity contribution in [2.45, 2.75) is 12.5 Å². The molecule has 0 saturated heterocycles. The van der Waals surface area contributed by atoms with E-state index in [2.05, 4.69) is 49.4 Å². The molecule has 4 nitrogen and oxygen atoms in total. The maximum Gasteiger partial charge on any atom is 0.278 e. The highest BCUT2D eigenvalue weighted by Gasteiger charge is 2.15. The summed E-state index contributed by atoms with van der Waals surface area (Å²) in [5, 5.41) is 2.61. The van der Waals surface area contributed by atoms with E-state index >= 15 is 0 Å². The van der Waals surface area contributed by atoms with Crippen LogP contribution < -0.4 is 40.8 Å². The van der Waals surface area contributed by atoms with Gasteiger partial charge in [-0.2, -0.15) is 0 Å². The average Bonchev–Trinajstić information content (AvgIpc) is 2.28. The summed E-state index contributed by atoms with van der Waals surface area (Å²) in [6.45, 7) is 0. The zero-order valence-electron chi connectivity index (χ0n) is 11.0. The first-order valence-electron chi connectivity index (χ1n) is 5.48. The maximum atomic E-state index is 11.3. The number of halogens is 2. The third-order valence-electron chi connectivity index (χ3n) is 2.63. The Morgan fingerprint density at radius 1 is 1.28 bits per heavy atom. The molecule has 0 saturated carbocycles. The minimum Gasteiger partial charge on any atom is -1.00 e. The van der Waals surface area contributed by atoms with Crippen LogP contribution in [-0.2, 0) is 11.2 Å². The number of likely N-dealkylation sites (N-methyl/N-ethyl adjacent to an activating group) is 1. The first-order chi connectivity index (χ1) is 7.54. The van der Waals surface area contributed by atoms with Crippen molar-refractivity contribution in [2.24, 2.45) is 0 Å². The van der Waals surface area contributed by atoms with E-state index < -0.39 is 0 Å². The number of carbonyl (C=O) groups excluding carboxylic acids is 1. The number of amides is 1. The summed E-state index contributed by atoms with van der Waals surface area (Å²) in [6, 6.07) is 8.07. The topological polar surface area (TPSA) is 61.2 Å². The Kier molecular flexibility index (Phi) is 9.94. The van der Waals surface area contributed by atoms with E-state index in [1.807, 2.05) is 0 Å². The largest absolute Gasteiger partial charge is 1.00 e. The molecule has 1 rings (SSSR count). The van der Waals surface area contributed by atoms with Crippen molar-refractivity contribution in [3.8, 4) is 0 Å². The van der Waals surface area contributed by atoms with E-state index in [-0.39, 0.29) is 36.8 Å². The van der Waals surface area contributed by atoms with Gasteiger partial charge in [0.1, 0.15) is 5.69 Å². The second kappa shape index (κ2) is 9.16. The summed E-state index contributed by atoms with van der Waals surface area (Å²) >= 11 is 0. The van der Waals surface area contributed by atoms with E-state index in [1.54, 1.807) is 7.05 Å². The Morgan fingerprint density at radius 2 is 1.78 bits per heavy atom. The minimum atomic E-state index is -0.220. The van der Waals surface area contributed by atoms with Crippen molar-refractivity contribution in [2.75, 3.05) is 21.1 Å². The van der Waals surface area contributed by atoms with Crippen molar-refractivity contribution >= 4 is 11.6 Å². The third-order valence-corrected chi connectivity index (χ3v) is 2.63. The number of nitrogens with one attached hydrogen (secondary N) is 2. The Bertz CT molecular complexity index is 355. The molecule has 0 heterocycles. The van der Waals surface area contributed by atoms with Gasteiger partial charge in [0, 0.05) is 13.5 Å². The Morgan fingerprint density at radius 3 is 2.17 bits per heavy atom. The number of benzene rings is 1. The molecular formula is C12H21Cl2N3O. The van der Waals surface area contributed by atoms with Crippen LogP contribution in [0.15, 0.2) is 24.3 Å². The van der Waals surface area contributed by atoms with Crippen LogP contribution in [0.3, 0.4) is 0 Å². The van der Waals surface area contributed by atoms with Crippen molar-refractivity contribution in [3.63, 3.8) is 0 Å². The van der Waals surface area contributed by atoms with Crippen LogP contribution in [0, 0.1) is 0 Å². The van der Waals surface area contributed by atoms with Crippen LogP contribution in [0.5, 0.6) is 0 Å². The molecule has 104 valence electrons.